The Morgan fingerprint density at radius 3 is 2.45 bits per heavy atom. The van der Waals surface area contributed by atoms with E-state index in [0.29, 0.717) is 0 Å². The normalized spacial score (nSPS) is 10.8. The van der Waals surface area contributed by atoms with Crippen LogP contribution in [-0.2, 0) is 0 Å². The van der Waals surface area contributed by atoms with Crippen LogP contribution >= 0.6 is 0 Å². The van der Waals surface area contributed by atoms with Crippen LogP contribution in [0.5, 0.6) is 0 Å². The molecule has 2 heteroatoms. The fourth-order valence-electron chi connectivity index (χ4n) is 2.62. The zero-order valence-corrected chi connectivity index (χ0v) is 12.9. The van der Waals surface area contributed by atoms with Gasteiger partial charge in [0.1, 0.15) is 0 Å². The largest absolute Gasteiger partial charge is 0.278 e. The second-order valence-electron chi connectivity index (χ2n) is 5.75. The molecule has 0 amide bonds. The molecular weight excluding hydrogens is 268 g/mol. The number of aryl methyl sites for hydroxylation is 1. The van der Waals surface area contributed by atoms with Crippen molar-refractivity contribution in [2.24, 2.45) is 0 Å². The molecule has 0 saturated heterocycles. The molecule has 2 aromatic carbocycles. The van der Waals surface area contributed by atoms with Gasteiger partial charge in [-0.15, -0.1) is 0 Å². The van der Waals surface area contributed by atoms with Gasteiger partial charge in [-0.2, -0.15) is 5.10 Å². The Morgan fingerprint density at radius 1 is 1.00 bits per heavy atom. The van der Waals surface area contributed by atoms with Gasteiger partial charge >= 0.3 is 0 Å². The van der Waals surface area contributed by atoms with Crippen molar-refractivity contribution in [1.82, 2.24) is 10.2 Å². The van der Waals surface area contributed by atoms with E-state index in [1.807, 2.05) is 6.20 Å². The molecule has 2 nitrogen and oxygen atoms in total. The maximum atomic E-state index is 4.23. The third-order valence-electron chi connectivity index (χ3n) is 4.00. The molecule has 0 saturated carbocycles. The molecule has 0 bridgehead atoms. The van der Waals surface area contributed by atoms with Crippen molar-refractivity contribution >= 4 is 22.0 Å². The highest BCUT2D eigenvalue weighted by Crippen LogP contribution is 2.26. The fourth-order valence-corrected chi connectivity index (χ4v) is 2.62. The summed E-state index contributed by atoms with van der Waals surface area (Å²) in [6, 6.07) is 14.8. The van der Waals surface area contributed by atoms with Crippen LogP contribution in [0.1, 0.15) is 29.5 Å². The first kappa shape index (κ1) is 14.3. The average molecular weight is 288 g/mol. The van der Waals surface area contributed by atoms with Gasteiger partial charge in [0.25, 0.3) is 0 Å². The maximum Gasteiger partial charge on any atom is 0.0650 e. The quantitative estimate of drug-likeness (QED) is 0.671. The summed E-state index contributed by atoms with van der Waals surface area (Å²) in [7, 11) is 0. The molecule has 0 aliphatic carbocycles. The van der Waals surface area contributed by atoms with Crippen LogP contribution in [0, 0.1) is 6.92 Å². The highest BCUT2D eigenvalue weighted by Gasteiger charge is 2.05. The Kier molecular flexibility index (Phi) is 3.92. The average Bonchev–Trinajstić information content (AvgIpc) is 2.99. The van der Waals surface area contributed by atoms with Crippen LogP contribution in [0.15, 0.2) is 61.8 Å². The van der Waals surface area contributed by atoms with Crippen molar-refractivity contribution in [1.29, 1.82) is 0 Å². The van der Waals surface area contributed by atoms with Crippen LogP contribution in [0.25, 0.3) is 22.0 Å². The van der Waals surface area contributed by atoms with Crippen molar-refractivity contribution in [2.45, 2.75) is 19.8 Å². The summed E-state index contributed by atoms with van der Waals surface area (Å²) < 4.78 is 0. The topological polar surface area (TPSA) is 28.7 Å². The first-order chi connectivity index (χ1) is 10.6. The first-order valence-corrected chi connectivity index (χ1v) is 7.49. The molecule has 0 spiro atoms. The van der Waals surface area contributed by atoms with E-state index in [9.17, 15) is 0 Å². The van der Waals surface area contributed by atoms with Gasteiger partial charge < -0.3 is 0 Å². The van der Waals surface area contributed by atoms with Gasteiger partial charge in [0.15, 0.2) is 0 Å². The van der Waals surface area contributed by atoms with Gasteiger partial charge in [0.2, 0.25) is 0 Å². The molecule has 0 fully saturated rings. The summed E-state index contributed by atoms with van der Waals surface area (Å²) >= 11 is 0. The number of hydrogen-bond donors (Lipinski definition) is 1. The molecule has 0 unspecified atom stereocenters. The molecule has 3 aromatic rings. The van der Waals surface area contributed by atoms with Crippen molar-refractivity contribution in [2.75, 3.05) is 0 Å². The van der Waals surface area contributed by atoms with E-state index in [1.165, 1.54) is 16.7 Å². The molecule has 1 aromatic heterocycles. The van der Waals surface area contributed by atoms with Crippen molar-refractivity contribution in [3.05, 3.63) is 78.5 Å². The Hall–Kier alpha value is -2.61. The summed E-state index contributed by atoms with van der Waals surface area (Å²) in [5.41, 5.74) is 7.01. The van der Waals surface area contributed by atoms with Gasteiger partial charge in [-0.3, -0.25) is 5.10 Å². The van der Waals surface area contributed by atoms with E-state index in [2.05, 4.69) is 72.7 Å². The molecule has 3 rings (SSSR count). The third kappa shape index (κ3) is 3.01. The second-order valence-corrected chi connectivity index (χ2v) is 5.75. The number of rotatable bonds is 5. The molecule has 0 radical (unpaired) electrons. The Balaban J connectivity index is 1.67. The fraction of sp³-hybridized carbons (Fsp3) is 0.150. The number of aromatic nitrogens is 2. The maximum absolute atomic E-state index is 4.23. The van der Waals surface area contributed by atoms with Crippen LogP contribution in [0.2, 0.25) is 0 Å². The van der Waals surface area contributed by atoms with E-state index in [4.69, 9.17) is 0 Å². The van der Waals surface area contributed by atoms with E-state index in [-0.39, 0.29) is 0 Å². The minimum atomic E-state index is 0.913. The molecule has 0 aliphatic rings. The van der Waals surface area contributed by atoms with Crippen molar-refractivity contribution in [3.63, 3.8) is 0 Å². The zero-order valence-electron chi connectivity index (χ0n) is 12.9. The molecule has 0 aliphatic heterocycles. The highest BCUT2D eigenvalue weighted by atomic mass is 15.1. The number of fused-ring (bicyclic) bond motifs is 1. The number of nitrogens with one attached hydrogen (secondary N) is 1. The predicted molar refractivity (Wildman–Crippen MR) is 94.6 cm³/mol. The summed E-state index contributed by atoms with van der Waals surface area (Å²) in [5, 5.41) is 8.15. The third-order valence-corrected chi connectivity index (χ3v) is 4.00. The van der Waals surface area contributed by atoms with Crippen LogP contribution in [0.3, 0.4) is 0 Å². The lowest BCUT2D eigenvalue weighted by Gasteiger charge is -2.09. The predicted octanol–water partition coefficient (Wildman–Crippen LogP) is 5.38. The first-order valence-electron chi connectivity index (χ1n) is 7.49. The lowest BCUT2D eigenvalue weighted by Crippen LogP contribution is -1.88. The Labute approximate surface area is 131 Å². The molecular formula is C20H20N2. The lowest BCUT2D eigenvalue weighted by atomic mass is 9.96. The Morgan fingerprint density at radius 2 is 1.73 bits per heavy atom. The Bertz CT molecular complexity index is 840. The lowest BCUT2D eigenvalue weighted by molar-refractivity contribution is 1.09. The van der Waals surface area contributed by atoms with Crippen LogP contribution < -0.4 is 0 Å². The molecule has 22 heavy (non-hydrogen) atoms. The number of allylic oxidation sites excluding steroid dienone is 2. The molecule has 110 valence electrons. The van der Waals surface area contributed by atoms with E-state index in [0.717, 1.165) is 34.9 Å². The van der Waals surface area contributed by atoms with Gasteiger partial charge in [0.05, 0.1) is 11.7 Å². The van der Waals surface area contributed by atoms with E-state index >= 15 is 0 Å². The number of benzene rings is 2. The van der Waals surface area contributed by atoms with E-state index < -0.39 is 0 Å². The summed E-state index contributed by atoms with van der Waals surface area (Å²) in [5.74, 6) is 0. The second kappa shape index (κ2) is 6.02. The van der Waals surface area contributed by atoms with Gasteiger partial charge in [0, 0.05) is 5.39 Å². The molecule has 1 N–H and O–H groups in total. The van der Waals surface area contributed by atoms with Gasteiger partial charge in [-0.25, -0.2) is 0 Å². The van der Waals surface area contributed by atoms with Crippen molar-refractivity contribution < 1.29 is 0 Å². The van der Waals surface area contributed by atoms with Crippen LogP contribution in [0.4, 0.5) is 0 Å². The number of aromatic amines is 1. The van der Waals surface area contributed by atoms with Crippen molar-refractivity contribution in [3.8, 4) is 0 Å². The number of hydrogen-bond acceptors (Lipinski definition) is 1. The van der Waals surface area contributed by atoms with Gasteiger partial charge in [-0.05, 0) is 54.2 Å². The summed E-state index contributed by atoms with van der Waals surface area (Å²) in [6.45, 7) is 10.6. The minimum Gasteiger partial charge on any atom is -0.278 e. The van der Waals surface area contributed by atoms with Crippen LogP contribution in [-0.4, -0.2) is 10.2 Å². The smallest absolute Gasteiger partial charge is 0.0650 e. The SMILES string of the molecule is C=C(CCC(=C)c1ccc2[nH]ncc2c1)c1cccc(C)c1. The zero-order chi connectivity index (χ0) is 15.5. The summed E-state index contributed by atoms with van der Waals surface area (Å²) in [4.78, 5) is 0. The van der Waals surface area contributed by atoms with Gasteiger partial charge in [-0.1, -0.05) is 49.1 Å². The minimum absolute atomic E-state index is 0.913. The molecule has 1 heterocycles. The van der Waals surface area contributed by atoms with E-state index in [1.54, 1.807) is 0 Å². The monoisotopic (exact) mass is 288 g/mol. The summed E-state index contributed by atoms with van der Waals surface area (Å²) in [6.07, 6.45) is 3.68. The number of H-pyrrole nitrogens is 1. The standard InChI is InChI=1S/C20H20N2/c1-14-5-4-6-17(11-14)15(2)7-8-16(3)18-9-10-20-19(12-18)13-21-22-20/h4-6,9-13H,2-3,7-8H2,1H3,(H,21,22). The molecule has 0 atom stereocenters. The highest BCUT2D eigenvalue weighted by molar-refractivity contribution is 5.82. The number of nitrogens with zero attached hydrogens (tertiary/aromatic N) is 1.